The molecule has 2 heterocycles. The average molecular weight is 799 g/mol. The molecule has 1 aliphatic carbocycles. The van der Waals surface area contributed by atoms with Gasteiger partial charge in [0, 0.05) is 43.7 Å². The molecule has 3 aromatic rings. The molecule has 3 aliphatic rings. The van der Waals surface area contributed by atoms with E-state index in [1.165, 1.54) is 5.56 Å². The van der Waals surface area contributed by atoms with E-state index in [4.69, 9.17) is 53.8 Å². The zero-order valence-electron chi connectivity index (χ0n) is 32.1. The summed E-state index contributed by atoms with van der Waals surface area (Å²) in [7, 11) is 3.21. The third-order valence-corrected chi connectivity index (χ3v) is 12.2. The highest BCUT2D eigenvalue weighted by molar-refractivity contribution is 6.68. The second-order valence-corrected chi connectivity index (χ2v) is 17.3. The number of piperazine rings is 1. The molecule has 2 fully saturated rings. The number of alkyl halides is 3. The normalized spacial score (nSPS) is 18.7. The zero-order valence-corrected chi connectivity index (χ0v) is 34.3. The van der Waals surface area contributed by atoms with E-state index < -0.39 is 21.5 Å². The molecule has 1 saturated carbocycles. The summed E-state index contributed by atoms with van der Waals surface area (Å²) in [6.45, 7) is 11.2. The fraction of sp³-hybridized carbons (Fsp3) is 0.476. The third kappa shape index (κ3) is 8.60. The lowest BCUT2D eigenvalue weighted by Gasteiger charge is -2.48. The number of amides is 2. The summed E-state index contributed by atoms with van der Waals surface area (Å²) < 4.78 is 21.4. The van der Waals surface area contributed by atoms with Gasteiger partial charge in [-0.05, 0) is 105 Å². The number of halogens is 3. The van der Waals surface area contributed by atoms with Crippen molar-refractivity contribution < 1.29 is 28.5 Å². The number of nitrogens with zero attached hydrogens (tertiary/aromatic N) is 2. The van der Waals surface area contributed by atoms with Gasteiger partial charge in [-0.25, -0.2) is 4.79 Å². The molecule has 6 rings (SSSR count). The van der Waals surface area contributed by atoms with Crippen molar-refractivity contribution in [3.05, 3.63) is 93.6 Å². The molecule has 2 aliphatic heterocycles. The Morgan fingerprint density at radius 3 is 2.15 bits per heavy atom. The quantitative estimate of drug-likeness (QED) is 0.184. The summed E-state index contributed by atoms with van der Waals surface area (Å²) in [5, 5.41) is 3.46. The van der Waals surface area contributed by atoms with E-state index in [2.05, 4.69) is 62.5 Å². The van der Waals surface area contributed by atoms with Gasteiger partial charge in [0.05, 0.1) is 32.9 Å². The van der Waals surface area contributed by atoms with Crippen LogP contribution in [0.4, 0.5) is 4.79 Å². The fourth-order valence-corrected chi connectivity index (χ4v) is 7.42. The van der Waals surface area contributed by atoms with Crippen LogP contribution in [-0.4, -0.2) is 83.2 Å². The van der Waals surface area contributed by atoms with Crippen LogP contribution < -0.4 is 19.5 Å². The van der Waals surface area contributed by atoms with E-state index in [1.807, 2.05) is 23.1 Å². The molecule has 2 amide bonds. The summed E-state index contributed by atoms with van der Waals surface area (Å²) in [5.41, 5.74) is 6.49. The molecule has 2 bridgehead atoms. The number of ether oxygens (including phenoxy) is 4. The predicted octanol–water partition coefficient (Wildman–Crippen LogP) is 8.53. The van der Waals surface area contributed by atoms with Crippen LogP contribution in [0.1, 0.15) is 66.5 Å². The SMILES string of the molecule is COc1cc(CN(C(=O)C2=C(c3ccc(CCOc4c(C)ccc(C)c4C)cc3)CC3CNC[C@H]2N3C(=O)OC(C)(C)C(Cl)(Cl)Cl)C2CC2)cc(OC)c1. The molecule has 1 N–H and O–H groups in total. The lowest BCUT2D eigenvalue weighted by atomic mass is 9.81. The first-order valence-corrected chi connectivity index (χ1v) is 19.6. The smallest absolute Gasteiger partial charge is 0.411 e. The largest absolute Gasteiger partial charge is 0.497 e. The molecular formula is C42H50Cl3N3O6. The first-order valence-electron chi connectivity index (χ1n) is 18.5. The van der Waals surface area contributed by atoms with Crippen LogP contribution in [0.15, 0.2) is 60.2 Å². The van der Waals surface area contributed by atoms with Crippen LogP contribution in [0.5, 0.6) is 17.2 Å². The monoisotopic (exact) mass is 797 g/mol. The first kappa shape index (κ1) is 40.0. The molecular weight excluding hydrogens is 749 g/mol. The molecule has 1 saturated heterocycles. The van der Waals surface area contributed by atoms with Crippen LogP contribution in [0, 0.1) is 20.8 Å². The maximum Gasteiger partial charge on any atom is 0.411 e. The van der Waals surface area contributed by atoms with E-state index in [0.717, 1.165) is 58.4 Å². The maximum absolute atomic E-state index is 15.1. The summed E-state index contributed by atoms with van der Waals surface area (Å²) in [6.07, 6.45) is 2.32. The number of carbonyl (C=O) groups is 2. The predicted molar refractivity (Wildman–Crippen MR) is 214 cm³/mol. The molecule has 0 radical (unpaired) electrons. The number of hydrogen-bond donors (Lipinski definition) is 1. The highest BCUT2D eigenvalue weighted by Gasteiger charge is 2.50. The fourth-order valence-electron chi connectivity index (χ4n) is 7.30. The Balaban J connectivity index is 1.34. The van der Waals surface area contributed by atoms with E-state index in [9.17, 15) is 4.79 Å². The van der Waals surface area contributed by atoms with E-state index in [0.29, 0.717) is 49.7 Å². The van der Waals surface area contributed by atoms with Crippen molar-refractivity contribution in [3.8, 4) is 17.2 Å². The van der Waals surface area contributed by atoms with Crippen LogP contribution in [0.3, 0.4) is 0 Å². The molecule has 54 heavy (non-hydrogen) atoms. The Bertz CT molecular complexity index is 1880. The van der Waals surface area contributed by atoms with Crippen molar-refractivity contribution in [2.45, 2.75) is 94.4 Å². The number of hydrogen-bond acceptors (Lipinski definition) is 7. The van der Waals surface area contributed by atoms with E-state index >= 15 is 4.79 Å². The van der Waals surface area contributed by atoms with Gasteiger partial charge in [0.15, 0.2) is 5.60 Å². The topological polar surface area (TPSA) is 89.6 Å². The number of fused-ring (bicyclic) bond motifs is 2. The number of nitrogens with one attached hydrogen (secondary N) is 1. The van der Waals surface area contributed by atoms with Gasteiger partial charge in [-0.1, -0.05) is 71.2 Å². The minimum Gasteiger partial charge on any atom is -0.497 e. The molecule has 0 spiro atoms. The standard InChI is InChI=1S/C42H50Cl3N3O6/c1-25-8-9-26(2)38(27(25)3)53-17-16-28-10-12-30(13-11-28)35-20-32-22-46-23-36(48(32)40(50)54-41(4,5)42(43,44)45)37(35)39(49)47(31-14-15-31)24-29-18-33(51-6)21-34(19-29)52-7/h8-13,18-19,21,31-32,36,46H,14-17,20,22-24H2,1-7H3/t32?,36-/m1/s1. The Morgan fingerprint density at radius 2 is 1.54 bits per heavy atom. The number of carbonyl (C=O) groups excluding carboxylic acids is 2. The second kappa shape index (κ2) is 16.2. The van der Waals surface area contributed by atoms with Crippen molar-refractivity contribution in [2.24, 2.45) is 0 Å². The van der Waals surface area contributed by atoms with Gasteiger partial charge in [-0.2, -0.15) is 0 Å². The van der Waals surface area contributed by atoms with Gasteiger partial charge < -0.3 is 29.2 Å². The summed E-state index contributed by atoms with van der Waals surface area (Å²) >= 11 is 18.7. The second-order valence-electron chi connectivity index (χ2n) is 15.0. The molecule has 3 aromatic carbocycles. The van der Waals surface area contributed by atoms with Crippen molar-refractivity contribution in [1.29, 1.82) is 0 Å². The highest BCUT2D eigenvalue weighted by atomic mass is 35.6. The van der Waals surface area contributed by atoms with Gasteiger partial charge in [-0.15, -0.1) is 0 Å². The van der Waals surface area contributed by atoms with Crippen LogP contribution in [-0.2, 0) is 22.5 Å². The highest BCUT2D eigenvalue weighted by Crippen LogP contribution is 2.44. The number of methoxy groups -OCH3 is 2. The maximum atomic E-state index is 15.1. The van der Waals surface area contributed by atoms with Gasteiger partial charge in [0.2, 0.25) is 3.79 Å². The van der Waals surface area contributed by atoms with E-state index in [-0.39, 0.29) is 18.0 Å². The van der Waals surface area contributed by atoms with Crippen molar-refractivity contribution in [3.63, 3.8) is 0 Å². The molecule has 0 aromatic heterocycles. The third-order valence-electron chi connectivity index (χ3n) is 10.8. The van der Waals surface area contributed by atoms with Gasteiger partial charge in [0.25, 0.3) is 5.91 Å². The molecule has 9 nitrogen and oxygen atoms in total. The summed E-state index contributed by atoms with van der Waals surface area (Å²) in [6, 6.07) is 17.4. The minimum absolute atomic E-state index is 0.0597. The van der Waals surface area contributed by atoms with Crippen molar-refractivity contribution in [1.82, 2.24) is 15.1 Å². The van der Waals surface area contributed by atoms with Crippen LogP contribution >= 0.6 is 34.8 Å². The number of aryl methyl sites for hydroxylation is 2. The molecule has 1 unspecified atom stereocenters. The van der Waals surface area contributed by atoms with Crippen molar-refractivity contribution >= 4 is 52.4 Å². The molecule has 12 heteroatoms. The Hall–Kier alpha value is -3.63. The molecule has 2 atom stereocenters. The first-order chi connectivity index (χ1) is 25.6. The van der Waals surface area contributed by atoms with Gasteiger partial charge in [0.1, 0.15) is 17.2 Å². The minimum atomic E-state index is -1.86. The molecule has 290 valence electrons. The lowest BCUT2D eigenvalue weighted by Crippen LogP contribution is -2.64. The van der Waals surface area contributed by atoms with Crippen molar-refractivity contribution in [2.75, 3.05) is 33.9 Å². The summed E-state index contributed by atoms with van der Waals surface area (Å²) in [5.74, 6) is 2.10. The van der Waals surface area contributed by atoms with Crippen LogP contribution in [0.25, 0.3) is 5.57 Å². The average Bonchev–Trinajstić information content (AvgIpc) is 3.98. The zero-order chi connectivity index (χ0) is 38.9. The number of rotatable bonds is 12. The number of benzene rings is 3. The summed E-state index contributed by atoms with van der Waals surface area (Å²) in [4.78, 5) is 32.8. The van der Waals surface area contributed by atoms with Gasteiger partial charge >= 0.3 is 6.09 Å². The lowest BCUT2D eigenvalue weighted by molar-refractivity contribution is -0.129. The Labute approximate surface area is 333 Å². The Morgan fingerprint density at radius 1 is 0.889 bits per heavy atom. The van der Waals surface area contributed by atoms with Crippen LogP contribution in [0.2, 0.25) is 0 Å². The van der Waals surface area contributed by atoms with E-state index in [1.54, 1.807) is 33.0 Å². The Kier molecular flexibility index (Phi) is 12.0. The van der Waals surface area contributed by atoms with Gasteiger partial charge in [-0.3, -0.25) is 9.69 Å².